The van der Waals surface area contributed by atoms with Crippen LogP contribution in [0.4, 0.5) is 0 Å². The first kappa shape index (κ1) is 14.0. The topological polar surface area (TPSA) is 23.6 Å². The van der Waals surface area contributed by atoms with Crippen LogP contribution in [0.2, 0.25) is 0 Å². The second-order valence-electron chi connectivity index (χ2n) is 4.57. The minimum atomic E-state index is 0.246. The van der Waals surface area contributed by atoms with Gasteiger partial charge in [0.05, 0.1) is 6.54 Å². The summed E-state index contributed by atoms with van der Waals surface area (Å²) in [6, 6.07) is 0. The fourth-order valence-corrected chi connectivity index (χ4v) is 2.18. The maximum atomic E-state index is 12.1. The van der Waals surface area contributed by atoms with E-state index >= 15 is 0 Å². The summed E-state index contributed by atoms with van der Waals surface area (Å²) in [5, 5.41) is 0. The van der Waals surface area contributed by atoms with E-state index in [-0.39, 0.29) is 5.91 Å². The zero-order chi connectivity index (χ0) is 12.5. The molecule has 1 heterocycles. The number of rotatable bonds is 6. The van der Waals surface area contributed by atoms with Crippen molar-refractivity contribution in [2.24, 2.45) is 0 Å². The maximum absolute atomic E-state index is 12.1. The van der Waals surface area contributed by atoms with Gasteiger partial charge in [0, 0.05) is 26.2 Å². The molecule has 17 heavy (non-hydrogen) atoms. The fourth-order valence-electron chi connectivity index (χ4n) is 2.18. The highest BCUT2D eigenvalue weighted by Crippen LogP contribution is 2.10. The van der Waals surface area contributed by atoms with Gasteiger partial charge in [-0.05, 0) is 12.8 Å². The van der Waals surface area contributed by atoms with Crippen molar-refractivity contribution in [2.45, 2.75) is 25.7 Å². The Bertz CT molecular complexity index is 245. The van der Waals surface area contributed by atoms with Crippen molar-refractivity contribution < 1.29 is 4.79 Å². The van der Waals surface area contributed by atoms with E-state index in [1.54, 1.807) is 0 Å². The number of carbonyl (C=O) groups is 1. The van der Waals surface area contributed by atoms with E-state index in [0.29, 0.717) is 6.54 Å². The third-order valence-corrected chi connectivity index (χ3v) is 3.09. The summed E-state index contributed by atoms with van der Waals surface area (Å²) in [6.45, 7) is 11.3. The van der Waals surface area contributed by atoms with Gasteiger partial charge in [-0.2, -0.15) is 0 Å². The molecule has 3 nitrogen and oxygen atoms in total. The number of nitrogens with zero attached hydrogens (tertiary/aromatic N) is 2. The minimum Gasteiger partial charge on any atom is -0.342 e. The van der Waals surface area contributed by atoms with Gasteiger partial charge in [0.25, 0.3) is 0 Å². The molecule has 1 aliphatic rings. The number of hydrogen-bond acceptors (Lipinski definition) is 2. The van der Waals surface area contributed by atoms with Gasteiger partial charge in [-0.25, -0.2) is 0 Å². The summed E-state index contributed by atoms with van der Waals surface area (Å²) in [7, 11) is 0. The molecule has 1 amide bonds. The number of hydrogen-bond donors (Lipinski definition) is 0. The van der Waals surface area contributed by atoms with Gasteiger partial charge < -0.3 is 4.90 Å². The molecule has 3 heteroatoms. The molecule has 1 saturated heterocycles. The van der Waals surface area contributed by atoms with E-state index in [2.05, 4.69) is 18.1 Å². The molecule has 1 rings (SSSR count). The highest BCUT2D eigenvalue weighted by Gasteiger charge is 2.17. The molecule has 96 valence electrons. The maximum Gasteiger partial charge on any atom is 0.236 e. The third kappa shape index (κ3) is 5.18. The van der Waals surface area contributed by atoms with E-state index in [0.717, 1.165) is 39.0 Å². The molecule has 0 radical (unpaired) electrons. The van der Waals surface area contributed by atoms with Crippen molar-refractivity contribution >= 4 is 5.91 Å². The van der Waals surface area contributed by atoms with E-state index in [1.165, 1.54) is 12.8 Å². The Morgan fingerprint density at radius 1 is 1.06 bits per heavy atom. The van der Waals surface area contributed by atoms with Gasteiger partial charge in [-0.15, -0.1) is 13.2 Å². The van der Waals surface area contributed by atoms with E-state index in [1.807, 2.05) is 17.1 Å². The molecule has 0 aromatic carbocycles. The Hall–Kier alpha value is -1.09. The normalized spacial score (nSPS) is 16.6. The monoisotopic (exact) mass is 236 g/mol. The summed E-state index contributed by atoms with van der Waals surface area (Å²) in [5.41, 5.74) is 0. The molecule has 0 unspecified atom stereocenters. The van der Waals surface area contributed by atoms with Gasteiger partial charge in [-0.3, -0.25) is 9.69 Å². The first-order chi connectivity index (χ1) is 8.27. The predicted molar refractivity (Wildman–Crippen MR) is 71.9 cm³/mol. The van der Waals surface area contributed by atoms with Crippen LogP contribution >= 0.6 is 0 Å². The van der Waals surface area contributed by atoms with Crippen molar-refractivity contribution in [3.8, 4) is 0 Å². The van der Waals surface area contributed by atoms with Crippen molar-refractivity contribution in [1.29, 1.82) is 0 Å². The van der Waals surface area contributed by atoms with Crippen molar-refractivity contribution in [1.82, 2.24) is 9.80 Å². The molecule has 0 aromatic heterocycles. The smallest absolute Gasteiger partial charge is 0.236 e. The Morgan fingerprint density at radius 3 is 2.06 bits per heavy atom. The zero-order valence-electron chi connectivity index (χ0n) is 10.7. The lowest BCUT2D eigenvalue weighted by atomic mass is 10.2. The Labute approximate surface area is 105 Å². The first-order valence-corrected chi connectivity index (χ1v) is 6.50. The standard InChI is InChI=1S/C14H24N2O/c1-3-9-15(10-4-2)13-14(17)16-11-7-5-6-8-12-16/h3-4H,1-2,5-13H2. The molecule has 0 saturated carbocycles. The van der Waals surface area contributed by atoms with Gasteiger partial charge in [-0.1, -0.05) is 25.0 Å². The fraction of sp³-hybridized carbons (Fsp3) is 0.643. The SMILES string of the molecule is C=CCN(CC=C)CC(=O)N1CCCCCC1. The highest BCUT2D eigenvalue weighted by atomic mass is 16.2. The summed E-state index contributed by atoms with van der Waals surface area (Å²) in [5.74, 6) is 0.246. The largest absolute Gasteiger partial charge is 0.342 e. The van der Waals surface area contributed by atoms with Crippen LogP contribution in [0.5, 0.6) is 0 Å². The van der Waals surface area contributed by atoms with Gasteiger partial charge >= 0.3 is 0 Å². The van der Waals surface area contributed by atoms with Crippen LogP contribution in [0.1, 0.15) is 25.7 Å². The number of amides is 1. The summed E-state index contributed by atoms with van der Waals surface area (Å²) in [6.07, 6.45) is 8.47. The number of likely N-dealkylation sites (tertiary alicyclic amines) is 1. The summed E-state index contributed by atoms with van der Waals surface area (Å²) >= 11 is 0. The second-order valence-corrected chi connectivity index (χ2v) is 4.57. The quantitative estimate of drug-likeness (QED) is 0.659. The molecular weight excluding hydrogens is 212 g/mol. The van der Waals surface area contributed by atoms with Crippen molar-refractivity contribution in [2.75, 3.05) is 32.7 Å². The molecular formula is C14H24N2O. The van der Waals surface area contributed by atoms with Crippen LogP contribution in [0, 0.1) is 0 Å². The molecule has 0 aromatic rings. The second kappa shape index (κ2) is 8.07. The zero-order valence-corrected chi connectivity index (χ0v) is 10.7. The van der Waals surface area contributed by atoms with Crippen LogP contribution in [0.3, 0.4) is 0 Å². The molecule has 0 spiro atoms. The van der Waals surface area contributed by atoms with E-state index in [9.17, 15) is 4.79 Å². The lowest BCUT2D eigenvalue weighted by Crippen LogP contribution is -2.41. The Kier molecular flexibility index (Phi) is 6.63. The first-order valence-electron chi connectivity index (χ1n) is 6.50. The molecule has 1 aliphatic heterocycles. The average Bonchev–Trinajstić information content (AvgIpc) is 2.58. The lowest BCUT2D eigenvalue weighted by Gasteiger charge is -2.25. The van der Waals surface area contributed by atoms with E-state index in [4.69, 9.17) is 0 Å². The van der Waals surface area contributed by atoms with Crippen LogP contribution in [-0.2, 0) is 4.79 Å². The van der Waals surface area contributed by atoms with Crippen LogP contribution < -0.4 is 0 Å². The van der Waals surface area contributed by atoms with Gasteiger partial charge in [0.15, 0.2) is 0 Å². The predicted octanol–water partition coefficient (Wildman–Crippen LogP) is 2.06. The lowest BCUT2D eigenvalue weighted by molar-refractivity contribution is -0.132. The number of carbonyl (C=O) groups excluding carboxylic acids is 1. The van der Waals surface area contributed by atoms with Gasteiger partial charge in [0.2, 0.25) is 5.91 Å². The van der Waals surface area contributed by atoms with E-state index < -0.39 is 0 Å². The minimum absolute atomic E-state index is 0.246. The molecule has 1 fully saturated rings. The summed E-state index contributed by atoms with van der Waals surface area (Å²) in [4.78, 5) is 16.2. The van der Waals surface area contributed by atoms with Crippen LogP contribution in [-0.4, -0.2) is 48.4 Å². The van der Waals surface area contributed by atoms with Gasteiger partial charge in [0.1, 0.15) is 0 Å². The molecule has 0 bridgehead atoms. The van der Waals surface area contributed by atoms with Crippen molar-refractivity contribution in [3.05, 3.63) is 25.3 Å². The van der Waals surface area contributed by atoms with Crippen LogP contribution in [0.15, 0.2) is 25.3 Å². The van der Waals surface area contributed by atoms with Crippen LogP contribution in [0.25, 0.3) is 0 Å². The molecule has 0 atom stereocenters. The average molecular weight is 236 g/mol. The molecule has 0 N–H and O–H groups in total. The Morgan fingerprint density at radius 2 is 1.59 bits per heavy atom. The third-order valence-electron chi connectivity index (χ3n) is 3.09. The highest BCUT2D eigenvalue weighted by molar-refractivity contribution is 5.78. The summed E-state index contributed by atoms with van der Waals surface area (Å²) < 4.78 is 0. The molecule has 0 aliphatic carbocycles. The Balaban J connectivity index is 2.43. The van der Waals surface area contributed by atoms with Crippen molar-refractivity contribution in [3.63, 3.8) is 0 Å².